The van der Waals surface area contributed by atoms with Crippen molar-refractivity contribution in [2.45, 2.75) is 0 Å². The highest BCUT2D eigenvalue weighted by atomic mass is 32.1. The van der Waals surface area contributed by atoms with Crippen molar-refractivity contribution in [3.8, 4) is 0 Å². The summed E-state index contributed by atoms with van der Waals surface area (Å²) in [6.45, 7) is 0. The van der Waals surface area contributed by atoms with Crippen molar-refractivity contribution < 1.29 is 4.42 Å². The summed E-state index contributed by atoms with van der Waals surface area (Å²) in [4.78, 5) is 7.14. The molecule has 0 bridgehead atoms. The molecule has 156 valence electrons. The maximum Gasteiger partial charge on any atom is 0.195 e. The molecule has 0 fully saturated rings. The van der Waals surface area contributed by atoms with Gasteiger partial charge < -0.3 is 4.42 Å². The molecule has 7 aromatic rings. The van der Waals surface area contributed by atoms with Gasteiger partial charge in [0.25, 0.3) is 0 Å². The van der Waals surface area contributed by atoms with Crippen LogP contribution in [-0.4, -0.2) is 4.98 Å². The Bertz CT molecular complexity index is 1750. The standard InChI is InChI=1S/C29H18N2OS/c1-2-10-21(11-3-1)31(29-30-25-12-6-7-13-28(25)33-29)22-14-15-23-24-16-19-8-4-5-9-20(19)17-26(24)32-27(23)18-22/h1-18H. The van der Waals surface area contributed by atoms with Crippen LogP contribution in [0.15, 0.2) is 114 Å². The summed E-state index contributed by atoms with van der Waals surface area (Å²) in [5.41, 5.74) is 4.89. The van der Waals surface area contributed by atoms with Crippen LogP contribution in [0.25, 0.3) is 42.9 Å². The topological polar surface area (TPSA) is 29.3 Å². The molecule has 0 amide bonds. The van der Waals surface area contributed by atoms with E-state index in [1.165, 1.54) is 15.5 Å². The van der Waals surface area contributed by atoms with Crippen molar-refractivity contribution in [2.24, 2.45) is 0 Å². The number of para-hydroxylation sites is 2. The van der Waals surface area contributed by atoms with E-state index >= 15 is 0 Å². The van der Waals surface area contributed by atoms with Gasteiger partial charge in [0.05, 0.1) is 15.9 Å². The Labute approximate surface area is 194 Å². The second-order valence-electron chi connectivity index (χ2n) is 8.11. The molecule has 4 heteroatoms. The molecular formula is C29H18N2OS. The quantitative estimate of drug-likeness (QED) is 0.274. The maximum absolute atomic E-state index is 6.34. The third-order valence-electron chi connectivity index (χ3n) is 6.07. The van der Waals surface area contributed by atoms with Gasteiger partial charge in [-0.3, -0.25) is 4.90 Å². The highest BCUT2D eigenvalue weighted by Crippen LogP contribution is 2.41. The van der Waals surface area contributed by atoms with E-state index in [4.69, 9.17) is 9.40 Å². The van der Waals surface area contributed by atoms with Gasteiger partial charge in [0.1, 0.15) is 11.2 Å². The second kappa shape index (κ2) is 7.19. The van der Waals surface area contributed by atoms with Crippen molar-refractivity contribution in [1.82, 2.24) is 4.98 Å². The van der Waals surface area contributed by atoms with Gasteiger partial charge in [-0.25, -0.2) is 4.98 Å². The zero-order chi connectivity index (χ0) is 21.8. The van der Waals surface area contributed by atoms with Crippen molar-refractivity contribution >= 4 is 70.8 Å². The smallest absolute Gasteiger partial charge is 0.195 e. The molecule has 0 unspecified atom stereocenters. The average molecular weight is 443 g/mol. The number of hydrogen-bond donors (Lipinski definition) is 0. The van der Waals surface area contributed by atoms with Crippen LogP contribution < -0.4 is 4.90 Å². The Kier molecular flexibility index (Phi) is 4.01. The molecule has 33 heavy (non-hydrogen) atoms. The number of hydrogen-bond acceptors (Lipinski definition) is 4. The van der Waals surface area contributed by atoms with E-state index in [-0.39, 0.29) is 0 Å². The van der Waals surface area contributed by atoms with Crippen LogP contribution in [0.2, 0.25) is 0 Å². The summed E-state index contributed by atoms with van der Waals surface area (Å²) in [6, 6.07) is 37.8. The van der Waals surface area contributed by atoms with E-state index in [1.807, 2.05) is 12.1 Å². The minimum absolute atomic E-state index is 0.875. The lowest BCUT2D eigenvalue weighted by molar-refractivity contribution is 0.669. The highest BCUT2D eigenvalue weighted by Gasteiger charge is 2.18. The molecule has 7 rings (SSSR count). The number of fused-ring (bicyclic) bond motifs is 5. The lowest BCUT2D eigenvalue weighted by atomic mass is 10.1. The molecule has 0 radical (unpaired) electrons. The van der Waals surface area contributed by atoms with Gasteiger partial charge in [-0.15, -0.1) is 0 Å². The Morgan fingerprint density at radius 3 is 2.18 bits per heavy atom. The van der Waals surface area contributed by atoms with E-state index in [9.17, 15) is 0 Å². The lowest BCUT2D eigenvalue weighted by Gasteiger charge is -2.22. The first-order valence-electron chi connectivity index (χ1n) is 10.9. The fraction of sp³-hybridized carbons (Fsp3) is 0. The molecule has 3 nitrogen and oxygen atoms in total. The molecule has 2 aromatic heterocycles. The monoisotopic (exact) mass is 442 g/mol. The van der Waals surface area contributed by atoms with Crippen LogP contribution in [0, 0.1) is 0 Å². The molecule has 0 N–H and O–H groups in total. The van der Waals surface area contributed by atoms with Crippen molar-refractivity contribution in [3.63, 3.8) is 0 Å². The molecule has 0 saturated heterocycles. The first-order valence-corrected chi connectivity index (χ1v) is 11.7. The van der Waals surface area contributed by atoms with E-state index in [0.717, 1.165) is 44.0 Å². The predicted octanol–water partition coefficient (Wildman–Crippen LogP) is 8.82. The predicted molar refractivity (Wildman–Crippen MR) is 139 cm³/mol. The van der Waals surface area contributed by atoms with E-state index in [1.54, 1.807) is 11.3 Å². The van der Waals surface area contributed by atoms with E-state index < -0.39 is 0 Å². The SMILES string of the molecule is c1ccc(N(c2ccc3c(c2)oc2cc4ccccc4cc23)c2nc3ccccc3s2)cc1. The second-order valence-corrected chi connectivity index (χ2v) is 9.12. The molecule has 0 aliphatic heterocycles. The van der Waals surface area contributed by atoms with Gasteiger partial charge in [0.15, 0.2) is 5.13 Å². The number of anilines is 3. The molecule has 0 aliphatic rings. The number of benzene rings is 5. The maximum atomic E-state index is 6.34. The number of thiazole rings is 1. The largest absolute Gasteiger partial charge is 0.456 e. The normalized spacial score (nSPS) is 11.6. The van der Waals surface area contributed by atoms with Crippen LogP contribution in [-0.2, 0) is 0 Å². The number of nitrogens with zero attached hydrogens (tertiary/aromatic N) is 2. The molecule has 0 atom stereocenters. The average Bonchev–Trinajstić information content (AvgIpc) is 3.44. The summed E-state index contributed by atoms with van der Waals surface area (Å²) in [6.07, 6.45) is 0. The highest BCUT2D eigenvalue weighted by molar-refractivity contribution is 7.22. The fourth-order valence-corrected chi connectivity index (χ4v) is 5.50. The van der Waals surface area contributed by atoms with Crippen molar-refractivity contribution in [3.05, 3.63) is 109 Å². The summed E-state index contributed by atoms with van der Waals surface area (Å²) >= 11 is 1.69. The Morgan fingerprint density at radius 2 is 1.33 bits per heavy atom. The third kappa shape index (κ3) is 2.99. The number of furan rings is 1. The van der Waals surface area contributed by atoms with Crippen LogP contribution in [0.3, 0.4) is 0 Å². The number of aromatic nitrogens is 1. The van der Waals surface area contributed by atoms with Gasteiger partial charge in [-0.2, -0.15) is 0 Å². The van der Waals surface area contributed by atoms with Gasteiger partial charge >= 0.3 is 0 Å². The molecule has 0 aliphatic carbocycles. The molecule has 0 spiro atoms. The number of rotatable bonds is 3. The van der Waals surface area contributed by atoms with Crippen LogP contribution in [0.4, 0.5) is 16.5 Å². The lowest BCUT2D eigenvalue weighted by Crippen LogP contribution is -2.09. The fourth-order valence-electron chi connectivity index (χ4n) is 4.49. The van der Waals surface area contributed by atoms with Gasteiger partial charge in [0, 0.05) is 22.5 Å². The van der Waals surface area contributed by atoms with Crippen molar-refractivity contribution in [2.75, 3.05) is 4.90 Å². The summed E-state index contributed by atoms with van der Waals surface area (Å²) in [5, 5.41) is 5.60. The summed E-state index contributed by atoms with van der Waals surface area (Å²) < 4.78 is 7.51. The molecule has 5 aromatic carbocycles. The molecular weight excluding hydrogens is 424 g/mol. The van der Waals surface area contributed by atoms with Gasteiger partial charge in [-0.1, -0.05) is 65.9 Å². The first kappa shape index (κ1) is 18.4. The summed E-state index contributed by atoms with van der Waals surface area (Å²) in [5.74, 6) is 0. The Balaban J connectivity index is 1.45. The molecule has 0 saturated carbocycles. The van der Waals surface area contributed by atoms with Crippen LogP contribution in [0.1, 0.15) is 0 Å². The summed E-state index contributed by atoms with van der Waals surface area (Å²) in [7, 11) is 0. The van der Waals surface area contributed by atoms with Crippen molar-refractivity contribution in [1.29, 1.82) is 0 Å². The minimum Gasteiger partial charge on any atom is -0.456 e. The van der Waals surface area contributed by atoms with Gasteiger partial charge in [0.2, 0.25) is 0 Å². The van der Waals surface area contributed by atoms with Crippen LogP contribution in [0.5, 0.6) is 0 Å². The van der Waals surface area contributed by atoms with Gasteiger partial charge in [-0.05, 0) is 59.3 Å². The van der Waals surface area contributed by atoms with E-state index in [2.05, 4.69) is 102 Å². The zero-order valence-corrected chi connectivity index (χ0v) is 18.4. The zero-order valence-electron chi connectivity index (χ0n) is 17.6. The molecule has 2 heterocycles. The Morgan fingerprint density at radius 1 is 0.606 bits per heavy atom. The minimum atomic E-state index is 0.875. The third-order valence-corrected chi connectivity index (χ3v) is 7.09. The van der Waals surface area contributed by atoms with E-state index in [0.29, 0.717) is 0 Å². The Hall–Kier alpha value is -4.15. The van der Waals surface area contributed by atoms with Crippen LogP contribution >= 0.6 is 11.3 Å². The first-order chi connectivity index (χ1) is 16.3.